The van der Waals surface area contributed by atoms with Crippen LogP contribution in [0.25, 0.3) is 0 Å². The maximum absolute atomic E-state index is 12.9. The molecule has 0 unspecified atom stereocenters. The molecule has 30 heavy (non-hydrogen) atoms. The number of rotatable bonds is 9. The van der Waals surface area contributed by atoms with Gasteiger partial charge in [0.1, 0.15) is 6.17 Å². The molecule has 0 saturated heterocycles. The second-order valence-electron chi connectivity index (χ2n) is 8.07. The van der Waals surface area contributed by atoms with Crippen LogP contribution in [0.1, 0.15) is 59.6 Å². The van der Waals surface area contributed by atoms with E-state index >= 15 is 0 Å². The number of hydrogen-bond acceptors (Lipinski definition) is 4. The smallest absolute Gasteiger partial charge is 0.256 e. The minimum absolute atomic E-state index is 0.0128. The number of nitrogens with zero attached hydrogens (tertiary/aromatic N) is 1. The van der Waals surface area contributed by atoms with Gasteiger partial charge in [-0.1, -0.05) is 38.1 Å². The second-order valence-corrected chi connectivity index (χ2v) is 8.07. The maximum Gasteiger partial charge on any atom is 0.256 e. The summed E-state index contributed by atoms with van der Waals surface area (Å²) in [6, 6.07) is 15.2. The molecule has 160 valence electrons. The summed E-state index contributed by atoms with van der Waals surface area (Å²) >= 11 is 0. The van der Waals surface area contributed by atoms with Crippen LogP contribution in [0.3, 0.4) is 0 Å². The molecule has 0 aromatic heterocycles. The third kappa shape index (κ3) is 4.82. The van der Waals surface area contributed by atoms with Crippen molar-refractivity contribution in [2.24, 2.45) is 5.92 Å². The van der Waals surface area contributed by atoms with E-state index in [2.05, 4.69) is 24.5 Å². The molecule has 2 atom stereocenters. The van der Waals surface area contributed by atoms with Crippen LogP contribution in [-0.4, -0.2) is 43.0 Å². The number of carbonyl (C=O) groups excluding carboxylic acids is 2. The fourth-order valence-corrected chi connectivity index (χ4v) is 3.50. The molecule has 2 aromatic carbocycles. The number of methoxy groups -OCH3 is 1. The van der Waals surface area contributed by atoms with E-state index in [9.17, 15) is 9.59 Å². The van der Waals surface area contributed by atoms with Crippen LogP contribution >= 0.6 is 0 Å². The van der Waals surface area contributed by atoms with E-state index in [-0.39, 0.29) is 24.0 Å². The number of ether oxygens (including phenoxy) is 1. The minimum Gasteiger partial charge on any atom is -0.385 e. The monoisotopic (exact) mass is 409 g/mol. The molecule has 0 radical (unpaired) electrons. The Bertz CT molecular complexity index is 897. The van der Waals surface area contributed by atoms with Crippen molar-refractivity contribution in [2.45, 2.75) is 39.4 Å². The summed E-state index contributed by atoms with van der Waals surface area (Å²) in [5.41, 5.74) is 3.05. The number of benzene rings is 2. The van der Waals surface area contributed by atoms with Crippen molar-refractivity contribution in [3.05, 3.63) is 65.2 Å². The highest BCUT2D eigenvalue weighted by molar-refractivity contribution is 5.99. The van der Waals surface area contributed by atoms with Gasteiger partial charge in [0, 0.05) is 48.7 Å². The summed E-state index contributed by atoms with van der Waals surface area (Å²) in [5, 5.41) is 6.50. The van der Waals surface area contributed by atoms with Gasteiger partial charge in [0.05, 0.1) is 0 Å². The van der Waals surface area contributed by atoms with Gasteiger partial charge in [0.15, 0.2) is 0 Å². The van der Waals surface area contributed by atoms with Crippen molar-refractivity contribution >= 4 is 17.5 Å². The van der Waals surface area contributed by atoms with Crippen LogP contribution in [0, 0.1) is 5.92 Å². The molecule has 6 nitrogen and oxygen atoms in total. The quantitative estimate of drug-likeness (QED) is 0.613. The van der Waals surface area contributed by atoms with Gasteiger partial charge in [0.25, 0.3) is 11.8 Å². The molecule has 1 aliphatic heterocycles. The molecule has 3 rings (SSSR count). The van der Waals surface area contributed by atoms with E-state index in [0.29, 0.717) is 30.2 Å². The van der Waals surface area contributed by atoms with E-state index in [4.69, 9.17) is 4.74 Å². The van der Waals surface area contributed by atoms with Crippen LogP contribution in [-0.2, 0) is 4.74 Å². The SMILES string of the molecule is COCCCN1C(=O)c2ccccc2[C@@H]1Nc1cccc(C(=O)N[C@H](C)C(C)C)c1. The highest BCUT2D eigenvalue weighted by Gasteiger charge is 2.36. The highest BCUT2D eigenvalue weighted by Crippen LogP contribution is 2.34. The van der Waals surface area contributed by atoms with Gasteiger partial charge < -0.3 is 20.3 Å². The molecular formula is C24H31N3O3. The molecule has 0 spiro atoms. The van der Waals surface area contributed by atoms with Gasteiger partial charge in [-0.05, 0) is 43.5 Å². The molecule has 2 N–H and O–H groups in total. The van der Waals surface area contributed by atoms with Crippen molar-refractivity contribution in [3.63, 3.8) is 0 Å². The zero-order valence-corrected chi connectivity index (χ0v) is 18.1. The van der Waals surface area contributed by atoms with Crippen LogP contribution in [0.2, 0.25) is 0 Å². The standard InChI is InChI=1S/C24H31N3O3/c1-16(2)17(3)25-23(28)18-9-7-10-19(15-18)26-22-20-11-5-6-12-21(20)24(29)27(22)13-8-14-30-4/h5-7,9-12,15-17,22,26H,8,13-14H2,1-4H3,(H,25,28)/t17-,22-/m1/s1. The number of nitrogens with one attached hydrogen (secondary N) is 2. The third-order valence-corrected chi connectivity index (χ3v) is 5.59. The molecule has 1 heterocycles. The van der Waals surface area contributed by atoms with Gasteiger partial charge in [-0.15, -0.1) is 0 Å². The Kier molecular flexibility index (Phi) is 7.11. The summed E-state index contributed by atoms with van der Waals surface area (Å²) in [6.07, 6.45) is 0.475. The lowest BCUT2D eigenvalue weighted by atomic mass is 10.1. The van der Waals surface area contributed by atoms with Crippen molar-refractivity contribution in [1.82, 2.24) is 10.2 Å². The van der Waals surface area contributed by atoms with Crippen LogP contribution < -0.4 is 10.6 Å². The Hall–Kier alpha value is -2.86. The van der Waals surface area contributed by atoms with Crippen LogP contribution in [0.15, 0.2) is 48.5 Å². The largest absolute Gasteiger partial charge is 0.385 e. The first-order valence-electron chi connectivity index (χ1n) is 10.5. The van der Waals surface area contributed by atoms with Crippen molar-refractivity contribution in [1.29, 1.82) is 0 Å². The fraction of sp³-hybridized carbons (Fsp3) is 0.417. The molecule has 0 bridgehead atoms. The topological polar surface area (TPSA) is 70.7 Å². The van der Waals surface area contributed by atoms with Crippen molar-refractivity contribution in [2.75, 3.05) is 25.6 Å². The number of amides is 2. The summed E-state index contributed by atoms with van der Waals surface area (Å²) in [7, 11) is 1.66. The number of anilines is 1. The Labute approximate surface area is 178 Å². The lowest BCUT2D eigenvalue weighted by Gasteiger charge is -2.27. The van der Waals surface area contributed by atoms with Crippen molar-refractivity contribution < 1.29 is 14.3 Å². The lowest BCUT2D eigenvalue weighted by Crippen LogP contribution is -2.36. The van der Waals surface area contributed by atoms with Gasteiger partial charge in [0.2, 0.25) is 0 Å². The van der Waals surface area contributed by atoms with E-state index in [1.165, 1.54) is 0 Å². The zero-order valence-electron chi connectivity index (χ0n) is 18.1. The van der Waals surface area contributed by atoms with E-state index < -0.39 is 0 Å². The minimum atomic E-state index is -0.279. The van der Waals surface area contributed by atoms with Gasteiger partial charge in [-0.2, -0.15) is 0 Å². The normalized spacial score (nSPS) is 16.5. The van der Waals surface area contributed by atoms with Gasteiger partial charge in [-0.25, -0.2) is 0 Å². The molecule has 2 amide bonds. The van der Waals surface area contributed by atoms with Gasteiger partial charge >= 0.3 is 0 Å². The molecule has 0 fully saturated rings. The first-order valence-corrected chi connectivity index (χ1v) is 10.5. The summed E-state index contributed by atoms with van der Waals surface area (Å²) in [4.78, 5) is 27.4. The molecule has 0 saturated carbocycles. The van der Waals surface area contributed by atoms with E-state index in [1.54, 1.807) is 13.2 Å². The third-order valence-electron chi connectivity index (χ3n) is 5.59. The van der Waals surface area contributed by atoms with E-state index in [1.807, 2.05) is 54.3 Å². The first kappa shape index (κ1) is 21.8. The molecule has 6 heteroatoms. The molecular weight excluding hydrogens is 378 g/mol. The number of fused-ring (bicyclic) bond motifs is 1. The molecule has 0 aliphatic carbocycles. The summed E-state index contributed by atoms with van der Waals surface area (Å²) < 4.78 is 5.16. The van der Waals surface area contributed by atoms with Crippen molar-refractivity contribution in [3.8, 4) is 0 Å². The highest BCUT2D eigenvalue weighted by atomic mass is 16.5. The second kappa shape index (κ2) is 9.76. The summed E-state index contributed by atoms with van der Waals surface area (Å²) in [6.45, 7) is 7.34. The van der Waals surface area contributed by atoms with Gasteiger partial charge in [-0.3, -0.25) is 9.59 Å². The van der Waals surface area contributed by atoms with E-state index in [0.717, 1.165) is 17.7 Å². The fourth-order valence-electron chi connectivity index (χ4n) is 3.50. The first-order chi connectivity index (χ1) is 14.4. The average Bonchev–Trinajstić information content (AvgIpc) is 3.00. The molecule has 2 aromatic rings. The predicted octanol–water partition coefficient (Wildman–Crippen LogP) is 4.06. The predicted molar refractivity (Wildman–Crippen MR) is 119 cm³/mol. The average molecular weight is 410 g/mol. The number of carbonyl (C=O) groups is 2. The Morgan fingerprint density at radius 1 is 1.13 bits per heavy atom. The maximum atomic E-state index is 12.9. The Morgan fingerprint density at radius 2 is 1.90 bits per heavy atom. The zero-order chi connectivity index (χ0) is 21.7. The molecule has 1 aliphatic rings. The van der Waals surface area contributed by atoms with Crippen LogP contribution in [0.5, 0.6) is 0 Å². The Balaban J connectivity index is 1.81. The number of hydrogen-bond donors (Lipinski definition) is 2. The summed E-state index contributed by atoms with van der Waals surface area (Å²) in [5.74, 6) is 0.274. The van der Waals surface area contributed by atoms with Crippen LogP contribution in [0.4, 0.5) is 5.69 Å². The lowest BCUT2D eigenvalue weighted by molar-refractivity contribution is 0.0721. The Morgan fingerprint density at radius 3 is 2.63 bits per heavy atom.